The maximum absolute atomic E-state index is 13.8. The molecule has 0 fully saturated rings. The molecule has 1 aliphatic rings. The van der Waals surface area contributed by atoms with E-state index in [0.717, 1.165) is 5.56 Å². The van der Waals surface area contributed by atoms with Gasteiger partial charge in [-0.25, -0.2) is 8.42 Å². The van der Waals surface area contributed by atoms with Crippen molar-refractivity contribution < 1.29 is 32.9 Å². The molecule has 2 atom stereocenters. The Bertz CT molecular complexity index is 1440. The number of aryl methyl sites for hydroxylation is 1. The van der Waals surface area contributed by atoms with E-state index >= 15 is 0 Å². The molecule has 1 heterocycles. The van der Waals surface area contributed by atoms with Crippen molar-refractivity contribution in [1.82, 2.24) is 9.21 Å². The number of nitrogens with zero attached hydrogens (tertiary/aromatic N) is 2. The molecular weight excluding hydrogens is 532 g/mol. The molecule has 3 aromatic carbocycles. The Balaban J connectivity index is 1.65. The second-order valence-electron chi connectivity index (χ2n) is 10.5. The van der Waals surface area contributed by atoms with E-state index in [-0.39, 0.29) is 42.4 Å². The Kier molecular flexibility index (Phi) is 9.02. The van der Waals surface area contributed by atoms with Gasteiger partial charge in [-0.05, 0) is 60.7 Å². The molecule has 1 amide bonds. The molecule has 0 radical (unpaired) electrons. The molecule has 0 spiro atoms. The summed E-state index contributed by atoms with van der Waals surface area (Å²) < 4.78 is 39.6. The lowest BCUT2D eigenvalue weighted by atomic mass is 9.98. The number of carbonyl (C=O) groups is 1. The molecule has 0 unspecified atom stereocenters. The van der Waals surface area contributed by atoms with Crippen LogP contribution in [0.5, 0.6) is 17.2 Å². The van der Waals surface area contributed by atoms with Gasteiger partial charge in [0.25, 0.3) is 5.91 Å². The first-order chi connectivity index (χ1) is 19.0. The summed E-state index contributed by atoms with van der Waals surface area (Å²) in [5.41, 5.74) is 1.87. The number of aromatic hydroxyl groups is 1. The van der Waals surface area contributed by atoms with Crippen LogP contribution in [0.25, 0.3) is 0 Å². The highest BCUT2D eigenvalue weighted by Crippen LogP contribution is 2.35. The van der Waals surface area contributed by atoms with E-state index in [0.29, 0.717) is 29.0 Å². The smallest absolute Gasteiger partial charge is 0.254 e. The normalized spacial score (nSPS) is 14.4. The number of sulfonamides is 1. The number of phenolic OH excluding ortho intramolecular Hbond substituents is 1. The van der Waals surface area contributed by atoms with Crippen molar-refractivity contribution in [2.24, 2.45) is 5.92 Å². The number of aliphatic hydroxyl groups excluding tert-OH is 1. The molecule has 9 nitrogen and oxygen atoms in total. The van der Waals surface area contributed by atoms with Gasteiger partial charge in [0.1, 0.15) is 5.75 Å². The van der Waals surface area contributed by atoms with Gasteiger partial charge < -0.3 is 24.6 Å². The Morgan fingerprint density at radius 1 is 0.975 bits per heavy atom. The zero-order chi connectivity index (χ0) is 29.0. The Morgan fingerprint density at radius 3 is 2.35 bits per heavy atom. The van der Waals surface area contributed by atoms with E-state index in [1.54, 1.807) is 26.1 Å². The molecule has 0 saturated heterocycles. The van der Waals surface area contributed by atoms with E-state index in [2.05, 4.69) is 0 Å². The number of rotatable bonds is 11. The summed E-state index contributed by atoms with van der Waals surface area (Å²) in [5.74, 6) is 0.509. The zero-order valence-corrected chi connectivity index (χ0v) is 24.0. The number of phenols is 1. The van der Waals surface area contributed by atoms with Crippen LogP contribution in [0.15, 0.2) is 71.6 Å². The molecule has 0 aromatic heterocycles. The van der Waals surface area contributed by atoms with Crippen molar-refractivity contribution in [3.05, 3.63) is 83.4 Å². The fourth-order valence-corrected chi connectivity index (χ4v) is 6.45. The monoisotopic (exact) mass is 568 g/mol. The second kappa shape index (κ2) is 12.3. The molecule has 0 aliphatic carbocycles. The van der Waals surface area contributed by atoms with Crippen molar-refractivity contribution in [1.29, 1.82) is 0 Å². The van der Waals surface area contributed by atoms with Crippen LogP contribution in [0.4, 0.5) is 0 Å². The summed E-state index contributed by atoms with van der Waals surface area (Å²) in [7, 11) is -2.42. The van der Waals surface area contributed by atoms with Gasteiger partial charge in [0.15, 0.2) is 11.5 Å². The predicted molar refractivity (Wildman–Crippen MR) is 151 cm³/mol. The quantitative estimate of drug-likeness (QED) is 0.361. The summed E-state index contributed by atoms with van der Waals surface area (Å²) in [4.78, 5) is 15.1. The first-order valence-corrected chi connectivity index (χ1v) is 14.6. The van der Waals surface area contributed by atoms with Gasteiger partial charge in [0.05, 0.1) is 17.0 Å². The minimum atomic E-state index is -4.02. The first-order valence-electron chi connectivity index (χ1n) is 13.2. The number of likely N-dealkylation sites (N-methyl/N-ethyl adjacent to an activating group) is 1. The number of amides is 1. The van der Waals surface area contributed by atoms with Crippen molar-refractivity contribution in [3.8, 4) is 17.2 Å². The van der Waals surface area contributed by atoms with Gasteiger partial charge in [-0.2, -0.15) is 4.31 Å². The topological polar surface area (TPSA) is 117 Å². The second-order valence-corrected chi connectivity index (χ2v) is 12.4. The van der Waals surface area contributed by atoms with Crippen molar-refractivity contribution in [2.45, 2.75) is 44.2 Å². The summed E-state index contributed by atoms with van der Waals surface area (Å²) in [6.45, 7) is 5.50. The summed E-state index contributed by atoms with van der Waals surface area (Å²) >= 11 is 0. The average molecular weight is 569 g/mol. The fraction of sp³-hybridized carbons (Fsp3) is 0.367. The summed E-state index contributed by atoms with van der Waals surface area (Å²) in [6, 6.07) is 17.6. The van der Waals surface area contributed by atoms with E-state index in [1.165, 1.54) is 33.5 Å². The number of benzene rings is 3. The van der Waals surface area contributed by atoms with Crippen LogP contribution in [0, 0.1) is 12.8 Å². The van der Waals surface area contributed by atoms with Gasteiger partial charge in [0.2, 0.25) is 16.8 Å². The van der Waals surface area contributed by atoms with Gasteiger partial charge in [-0.1, -0.05) is 44.2 Å². The Morgan fingerprint density at radius 2 is 1.68 bits per heavy atom. The van der Waals surface area contributed by atoms with Crippen LogP contribution in [-0.2, 0) is 16.4 Å². The van der Waals surface area contributed by atoms with Gasteiger partial charge in [-0.15, -0.1) is 0 Å². The SMILES string of the molecule is Cc1cc(O)ccc1C(=O)N(C)[C@@H](Cc1ccccc1)[C@H](O)CN(CC(C)C)S(=O)(=O)c1ccc2c(c1)OCO2. The van der Waals surface area contributed by atoms with E-state index in [9.17, 15) is 23.4 Å². The van der Waals surface area contributed by atoms with Gasteiger partial charge in [-0.3, -0.25) is 4.79 Å². The Labute approximate surface area is 235 Å². The molecule has 1 aliphatic heterocycles. The molecule has 214 valence electrons. The number of hydrogen-bond donors (Lipinski definition) is 2. The zero-order valence-electron chi connectivity index (χ0n) is 23.1. The lowest BCUT2D eigenvalue weighted by molar-refractivity contribution is 0.0369. The van der Waals surface area contributed by atoms with E-state index in [4.69, 9.17) is 9.47 Å². The molecule has 2 N–H and O–H groups in total. The Hall–Kier alpha value is -3.60. The fourth-order valence-electron chi connectivity index (χ4n) is 4.81. The van der Waals surface area contributed by atoms with Crippen LogP contribution < -0.4 is 9.47 Å². The number of carbonyl (C=O) groups excluding carboxylic acids is 1. The minimum absolute atomic E-state index is 0.0231. The number of ether oxygens (including phenoxy) is 2. The lowest BCUT2D eigenvalue weighted by Crippen LogP contribution is -2.51. The number of aliphatic hydroxyl groups is 1. The lowest BCUT2D eigenvalue weighted by Gasteiger charge is -2.35. The molecule has 0 bridgehead atoms. The summed E-state index contributed by atoms with van der Waals surface area (Å²) in [6.07, 6.45) is -0.907. The third-order valence-electron chi connectivity index (χ3n) is 6.93. The van der Waals surface area contributed by atoms with Crippen molar-refractivity contribution in [2.75, 3.05) is 26.9 Å². The van der Waals surface area contributed by atoms with Crippen LogP contribution in [0.2, 0.25) is 0 Å². The molecule has 3 aromatic rings. The van der Waals surface area contributed by atoms with Crippen molar-refractivity contribution in [3.63, 3.8) is 0 Å². The highest BCUT2D eigenvalue weighted by Gasteiger charge is 2.34. The largest absolute Gasteiger partial charge is 0.508 e. The molecule has 40 heavy (non-hydrogen) atoms. The van der Waals surface area contributed by atoms with Crippen LogP contribution in [0.1, 0.15) is 35.3 Å². The number of hydrogen-bond acceptors (Lipinski definition) is 7. The van der Waals surface area contributed by atoms with Crippen LogP contribution >= 0.6 is 0 Å². The highest BCUT2D eigenvalue weighted by molar-refractivity contribution is 7.89. The molecular formula is C30H36N2O7S. The van der Waals surface area contributed by atoms with Gasteiger partial charge >= 0.3 is 0 Å². The van der Waals surface area contributed by atoms with Gasteiger partial charge in [0, 0.05) is 31.8 Å². The highest BCUT2D eigenvalue weighted by atomic mass is 32.2. The predicted octanol–water partition coefficient (Wildman–Crippen LogP) is 3.82. The third kappa shape index (κ3) is 6.57. The van der Waals surface area contributed by atoms with Crippen LogP contribution in [-0.4, -0.2) is 72.8 Å². The minimum Gasteiger partial charge on any atom is -0.508 e. The standard InChI is InChI=1S/C30H36N2O7S/c1-20(2)17-32(40(36,37)24-11-13-28-29(16-24)39-19-38-28)18-27(34)26(15-22-8-6-5-7-9-22)31(4)30(35)25-12-10-23(33)14-21(25)3/h5-14,16,20,26-27,33-34H,15,17-19H2,1-4H3/t26-,27+/m0/s1. The van der Waals surface area contributed by atoms with E-state index < -0.39 is 22.2 Å². The average Bonchev–Trinajstić information content (AvgIpc) is 3.39. The van der Waals surface area contributed by atoms with Crippen LogP contribution in [0.3, 0.4) is 0 Å². The summed E-state index contributed by atoms with van der Waals surface area (Å²) in [5, 5.41) is 21.4. The third-order valence-corrected chi connectivity index (χ3v) is 8.76. The maximum Gasteiger partial charge on any atom is 0.254 e. The first kappa shape index (κ1) is 29.4. The molecule has 4 rings (SSSR count). The number of fused-ring (bicyclic) bond motifs is 1. The molecule has 10 heteroatoms. The maximum atomic E-state index is 13.8. The van der Waals surface area contributed by atoms with E-state index in [1.807, 2.05) is 44.2 Å². The molecule has 0 saturated carbocycles. The van der Waals surface area contributed by atoms with Crippen molar-refractivity contribution >= 4 is 15.9 Å².